The van der Waals surface area contributed by atoms with Gasteiger partial charge in [0.15, 0.2) is 6.04 Å². The van der Waals surface area contributed by atoms with E-state index in [1.807, 2.05) is 20.8 Å². The van der Waals surface area contributed by atoms with Crippen LogP contribution in [-0.4, -0.2) is 47.6 Å². The van der Waals surface area contributed by atoms with Gasteiger partial charge < -0.3 is 19.5 Å². The van der Waals surface area contributed by atoms with Gasteiger partial charge in [0.25, 0.3) is 0 Å². The molecule has 28 heavy (non-hydrogen) atoms. The highest BCUT2D eigenvalue weighted by Crippen LogP contribution is 2.21. The van der Waals surface area contributed by atoms with E-state index in [1.165, 1.54) is 0 Å². The maximum Gasteiger partial charge on any atom is 0.408 e. The molecule has 9 nitrogen and oxygen atoms in total. The molecule has 0 aromatic heterocycles. The van der Waals surface area contributed by atoms with Gasteiger partial charge in [-0.3, -0.25) is 0 Å². The highest BCUT2D eigenvalue weighted by molar-refractivity contribution is 5.82. The van der Waals surface area contributed by atoms with E-state index in [9.17, 15) is 9.59 Å². The first-order chi connectivity index (χ1) is 12.5. The summed E-state index contributed by atoms with van der Waals surface area (Å²) < 4.78 is 16.8. The smallest absolute Gasteiger partial charge is 0.408 e. The van der Waals surface area contributed by atoms with Crippen molar-refractivity contribution in [1.29, 1.82) is 0 Å². The molecule has 0 aromatic carbocycles. The number of esters is 1. The van der Waals surface area contributed by atoms with Crippen LogP contribution in [0.4, 0.5) is 4.79 Å². The fourth-order valence-electron chi connectivity index (χ4n) is 2.26. The average Bonchev–Trinajstić information content (AvgIpc) is 2.43. The summed E-state index contributed by atoms with van der Waals surface area (Å²) in [4.78, 5) is 27.9. The van der Waals surface area contributed by atoms with Crippen LogP contribution in [0, 0.1) is 0 Å². The Kier molecular flexibility index (Phi) is 9.78. The number of carbonyl (C=O) groups is 2. The molecular weight excluding hydrogens is 364 g/mol. The monoisotopic (exact) mass is 400 g/mol. The zero-order chi connectivity index (χ0) is 22.2. The lowest BCUT2D eigenvalue weighted by molar-refractivity contribution is -0.166. The van der Waals surface area contributed by atoms with Gasteiger partial charge in [-0.1, -0.05) is 5.11 Å². The Balaban J connectivity index is 5.61. The average molecular weight is 401 g/mol. The zero-order valence-corrected chi connectivity index (χ0v) is 18.7. The Morgan fingerprint density at radius 3 is 1.93 bits per heavy atom. The minimum atomic E-state index is -1.07. The van der Waals surface area contributed by atoms with Crippen LogP contribution in [0.3, 0.4) is 0 Å². The van der Waals surface area contributed by atoms with Crippen molar-refractivity contribution >= 4 is 12.1 Å². The Morgan fingerprint density at radius 1 is 0.964 bits per heavy atom. The Morgan fingerprint density at radius 2 is 1.50 bits per heavy atom. The molecule has 0 saturated carbocycles. The third-order valence-electron chi connectivity index (χ3n) is 3.02. The molecule has 0 aliphatic carbocycles. The number of azide groups is 1. The van der Waals surface area contributed by atoms with Gasteiger partial charge in [0.2, 0.25) is 0 Å². The summed E-state index contributed by atoms with van der Waals surface area (Å²) in [5, 5.41) is 6.11. The Labute approximate surface area is 168 Å². The number of hydrogen-bond donors (Lipinski definition) is 1. The van der Waals surface area contributed by atoms with Crippen LogP contribution in [0.1, 0.15) is 75.2 Å². The highest BCUT2D eigenvalue weighted by Gasteiger charge is 2.37. The molecule has 0 heterocycles. The molecule has 0 aromatic rings. The van der Waals surface area contributed by atoms with Crippen LogP contribution in [0.15, 0.2) is 5.11 Å². The minimum absolute atomic E-state index is 0.258. The molecule has 0 fully saturated rings. The van der Waals surface area contributed by atoms with E-state index in [4.69, 9.17) is 19.7 Å². The van der Waals surface area contributed by atoms with Gasteiger partial charge in [0.1, 0.15) is 11.2 Å². The van der Waals surface area contributed by atoms with Crippen molar-refractivity contribution in [2.75, 3.05) is 6.54 Å². The standard InChI is InChI=1S/C19H36N4O5/c1-17(2,3)26-13(11-10-12-21-23-20)14(15(24)27-18(4,5)6)22-16(25)28-19(7,8)9/h13-14H,10-12H2,1-9H3,(H,22,25)/t13-,14+/m1/s1. The normalized spacial score (nSPS) is 14.5. The molecule has 0 aliphatic heterocycles. The Hall–Kier alpha value is -1.99. The second-order valence-corrected chi connectivity index (χ2v) is 9.52. The predicted octanol–water partition coefficient (Wildman–Crippen LogP) is 4.50. The van der Waals surface area contributed by atoms with E-state index in [1.54, 1.807) is 41.5 Å². The lowest BCUT2D eigenvalue weighted by Crippen LogP contribution is -2.54. The predicted molar refractivity (Wildman–Crippen MR) is 107 cm³/mol. The van der Waals surface area contributed by atoms with Gasteiger partial charge in [-0.05, 0) is 80.7 Å². The topological polar surface area (TPSA) is 123 Å². The molecule has 0 spiro atoms. The molecule has 1 N–H and O–H groups in total. The summed E-state index contributed by atoms with van der Waals surface area (Å²) in [6, 6.07) is -1.07. The fraction of sp³-hybridized carbons (Fsp3) is 0.895. The van der Waals surface area contributed by atoms with Crippen LogP contribution in [-0.2, 0) is 19.0 Å². The second kappa shape index (κ2) is 10.5. The number of nitrogens with zero attached hydrogens (tertiary/aromatic N) is 3. The molecular formula is C19H36N4O5. The number of rotatable bonds is 8. The van der Waals surface area contributed by atoms with E-state index in [2.05, 4.69) is 15.3 Å². The number of carbonyl (C=O) groups excluding carboxylic acids is 2. The van der Waals surface area contributed by atoms with Crippen LogP contribution in [0.2, 0.25) is 0 Å². The number of hydrogen-bond acceptors (Lipinski definition) is 6. The summed E-state index contributed by atoms with van der Waals surface area (Å²) in [5.74, 6) is -0.614. The SMILES string of the molecule is CC(C)(C)OC(=O)N[C@H](C(=O)OC(C)(C)C)[C@@H](CCCN=[N+]=[N-])OC(C)(C)C. The highest BCUT2D eigenvalue weighted by atomic mass is 16.6. The van der Waals surface area contributed by atoms with Crippen molar-refractivity contribution in [3.05, 3.63) is 10.4 Å². The Bertz CT molecular complexity index is 566. The quantitative estimate of drug-likeness (QED) is 0.211. The lowest BCUT2D eigenvalue weighted by Gasteiger charge is -2.34. The fourth-order valence-corrected chi connectivity index (χ4v) is 2.26. The van der Waals surface area contributed by atoms with Gasteiger partial charge in [-0.25, -0.2) is 9.59 Å². The first kappa shape index (κ1) is 26.0. The number of nitrogens with one attached hydrogen (secondary N) is 1. The van der Waals surface area contributed by atoms with E-state index < -0.39 is 41.0 Å². The van der Waals surface area contributed by atoms with Crippen molar-refractivity contribution in [1.82, 2.24) is 5.32 Å². The van der Waals surface area contributed by atoms with Crippen molar-refractivity contribution in [2.45, 2.75) is 104 Å². The largest absolute Gasteiger partial charge is 0.458 e. The van der Waals surface area contributed by atoms with Crippen molar-refractivity contribution in [3.8, 4) is 0 Å². The molecule has 1 amide bonds. The molecule has 0 saturated heterocycles. The first-order valence-electron chi connectivity index (χ1n) is 9.45. The third kappa shape index (κ3) is 13.2. The van der Waals surface area contributed by atoms with Crippen LogP contribution < -0.4 is 5.32 Å². The van der Waals surface area contributed by atoms with Crippen LogP contribution in [0.5, 0.6) is 0 Å². The van der Waals surface area contributed by atoms with Gasteiger partial charge in [0.05, 0.1) is 11.7 Å². The first-order valence-corrected chi connectivity index (χ1v) is 9.45. The molecule has 0 aliphatic rings. The van der Waals surface area contributed by atoms with Gasteiger partial charge >= 0.3 is 12.1 Å². The van der Waals surface area contributed by atoms with E-state index in [-0.39, 0.29) is 6.54 Å². The summed E-state index contributed by atoms with van der Waals surface area (Å²) in [6.07, 6.45) is -0.548. The molecule has 0 unspecified atom stereocenters. The van der Waals surface area contributed by atoms with Crippen LogP contribution >= 0.6 is 0 Å². The number of amides is 1. The molecule has 0 radical (unpaired) electrons. The van der Waals surface area contributed by atoms with Gasteiger partial charge in [0, 0.05) is 11.5 Å². The molecule has 162 valence electrons. The van der Waals surface area contributed by atoms with Crippen molar-refractivity contribution in [3.63, 3.8) is 0 Å². The number of ether oxygens (including phenoxy) is 3. The molecule has 0 rings (SSSR count). The van der Waals surface area contributed by atoms with Crippen molar-refractivity contribution < 1.29 is 23.8 Å². The maximum absolute atomic E-state index is 12.8. The zero-order valence-electron chi connectivity index (χ0n) is 18.7. The van der Waals surface area contributed by atoms with Crippen molar-refractivity contribution in [2.24, 2.45) is 5.11 Å². The minimum Gasteiger partial charge on any atom is -0.458 e. The van der Waals surface area contributed by atoms with E-state index in [0.29, 0.717) is 12.8 Å². The summed E-state index contributed by atoms with van der Waals surface area (Å²) in [6.45, 7) is 16.3. The maximum atomic E-state index is 12.8. The molecule has 0 bridgehead atoms. The second-order valence-electron chi connectivity index (χ2n) is 9.52. The van der Waals surface area contributed by atoms with E-state index >= 15 is 0 Å². The van der Waals surface area contributed by atoms with E-state index in [0.717, 1.165) is 0 Å². The van der Waals surface area contributed by atoms with Gasteiger partial charge in [-0.2, -0.15) is 0 Å². The molecule has 2 atom stereocenters. The summed E-state index contributed by atoms with van der Waals surface area (Å²) >= 11 is 0. The van der Waals surface area contributed by atoms with Gasteiger partial charge in [-0.15, -0.1) is 0 Å². The van der Waals surface area contributed by atoms with Crippen LogP contribution in [0.25, 0.3) is 10.4 Å². The summed E-state index contributed by atoms with van der Waals surface area (Å²) in [7, 11) is 0. The lowest BCUT2D eigenvalue weighted by atomic mass is 10.0. The third-order valence-corrected chi connectivity index (χ3v) is 3.02. The number of alkyl carbamates (subject to hydrolysis) is 1. The summed E-state index contributed by atoms with van der Waals surface area (Å²) in [5.41, 5.74) is 6.43. The molecule has 9 heteroatoms.